The first-order chi connectivity index (χ1) is 13.4. The van der Waals surface area contributed by atoms with E-state index in [1.54, 1.807) is 32.0 Å². The largest absolute Gasteiger partial charge is 0.394 e. The van der Waals surface area contributed by atoms with Crippen LogP contribution in [0.1, 0.15) is 29.8 Å². The van der Waals surface area contributed by atoms with Crippen molar-refractivity contribution in [2.75, 3.05) is 11.9 Å². The Balaban J connectivity index is 1.63. The molecule has 0 saturated carbocycles. The first-order valence-corrected chi connectivity index (χ1v) is 9.17. The summed E-state index contributed by atoms with van der Waals surface area (Å²) in [6.07, 6.45) is 0.211. The van der Waals surface area contributed by atoms with Crippen LogP contribution in [0.25, 0.3) is 10.8 Å². The van der Waals surface area contributed by atoms with Crippen LogP contribution in [0.5, 0.6) is 0 Å². The topological polar surface area (TPSA) is 78.4 Å². The van der Waals surface area contributed by atoms with Gasteiger partial charge < -0.3 is 15.7 Å². The van der Waals surface area contributed by atoms with E-state index in [0.29, 0.717) is 11.3 Å². The van der Waals surface area contributed by atoms with Crippen LogP contribution in [-0.4, -0.2) is 29.1 Å². The number of rotatable bonds is 6. The molecular formula is C23H24N2O3. The Bertz CT molecular complexity index is 994. The highest BCUT2D eigenvalue weighted by molar-refractivity contribution is 6.06. The zero-order valence-electron chi connectivity index (χ0n) is 16.0. The normalized spacial score (nSPS) is 11.2. The average Bonchev–Trinajstić information content (AvgIpc) is 2.68. The molecule has 0 aliphatic carbocycles. The van der Waals surface area contributed by atoms with Crippen LogP contribution in [0.2, 0.25) is 0 Å². The second kappa shape index (κ2) is 8.23. The van der Waals surface area contributed by atoms with Crippen molar-refractivity contribution in [1.29, 1.82) is 0 Å². The zero-order valence-corrected chi connectivity index (χ0v) is 16.0. The van der Waals surface area contributed by atoms with Gasteiger partial charge in [0, 0.05) is 11.3 Å². The van der Waals surface area contributed by atoms with Gasteiger partial charge in [0.1, 0.15) is 0 Å². The molecule has 0 radical (unpaired) electrons. The van der Waals surface area contributed by atoms with Gasteiger partial charge in [-0.1, -0.05) is 42.5 Å². The Hall–Kier alpha value is -3.18. The monoisotopic (exact) mass is 376 g/mol. The fourth-order valence-electron chi connectivity index (χ4n) is 2.89. The van der Waals surface area contributed by atoms with E-state index in [9.17, 15) is 14.7 Å². The molecule has 3 N–H and O–H groups in total. The van der Waals surface area contributed by atoms with E-state index in [2.05, 4.69) is 10.6 Å². The molecule has 3 aromatic rings. The third-order valence-corrected chi connectivity index (χ3v) is 4.46. The van der Waals surface area contributed by atoms with Gasteiger partial charge in [0.05, 0.1) is 18.6 Å². The van der Waals surface area contributed by atoms with E-state index >= 15 is 0 Å². The third kappa shape index (κ3) is 4.96. The lowest BCUT2D eigenvalue weighted by Gasteiger charge is -2.23. The van der Waals surface area contributed by atoms with Crippen LogP contribution < -0.4 is 10.6 Å². The van der Waals surface area contributed by atoms with Crippen molar-refractivity contribution in [3.05, 3.63) is 77.9 Å². The van der Waals surface area contributed by atoms with Crippen LogP contribution in [-0.2, 0) is 11.2 Å². The number of carbonyl (C=O) groups excluding carboxylic acids is 2. The Kier molecular flexibility index (Phi) is 5.76. The average molecular weight is 376 g/mol. The van der Waals surface area contributed by atoms with Crippen LogP contribution in [0.4, 0.5) is 5.69 Å². The van der Waals surface area contributed by atoms with Crippen molar-refractivity contribution in [2.45, 2.75) is 25.8 Å². The number of hydrogen-bond acceptors (Lipinski definition) is 3. The maximum absolute atomic E-state index is 12.5. The molecule has 5 heteroatoms. The summed E-state index contributed by atoms with van der Waals surface area (Å²) >= 11 is 0. The summed E-state index contributed by atoms with van der Waals surface area (Å²) in [7, 11) is 0. The minimum atomic E-state index is -0.648. The van der Waals surface area contributed by atoms with Gasteiger partial charge in [-0.3, -0.25) is 9.59 Å². The van der Waals surface area contributed by atoms with Gasteiger partial charge in [-0.25, -0.2) is 0 Å². The number of aliphatic hydroxyl groups excluding tert-OH is 1. The number of benzene rings is 3. The standard InChI is InChI=1S/C23H24N2O3/c1-23(2,15-26)25-21(27)13-16-7-11-20(12-8-16)24-22(28)19-10-9-17-5-3-4-6-18(17)14-19/h3-12,14,26H,13,15H2,1-2H3,(H,24,28)(H,25,27). The Morgan fingerprint density at radius 3 is 2.29 bits per heavy atom. The molecule has 5 nitrogen and oxygen atoms in total. The number of carbonyl (C=O) groups is 2. The number of nitrogens with one attached hydrogen (secondary N) is 2. The van der Waals surface area contributed by atoms with Crippen LogP contribution in [0, 0.1) is 0 Å². The first-order valence-electron chi connectivity index (χ1n) is 9.17. The fraction of sp³-hybridized carbons (Fsp3) is 0.217. The Morgan fingerprint density at radius 1 is 0.929 bits per heavy atom. The predicted octanol–water partition coefficient (Wildman–Crippen LogP) is 3.52. The summed E-state index contributed by atoms with van der Waals surface area (Å²) < 4.78 is 0. The summed E-state index contributed by atoms with van der Waals surface area (Å²) in [6.45, 7) is 3.39. The highest BCUT2D eigenvalue weighted by Gasteiger charge is 2.19. The highest BCUT2D eigenvalue weighted by Crippen LogP contribution is 2.17. The molecule has 0 aromatic heterocycles. The smallest absolute Gasteiger partial charge is 0.255 e. The van der Waals surface area contributed by atoms with Crippen molar-refractivity contribution in [1.82, 2.24) is 5.32 Å². The SMILES string of the molecule is CC(C)(CO)NC(=O)Cc1ccc(NC(=O)c2ccc3ccccc3c2)cc1. The summed E-state index contributed by atoms with van der Waals surface area (Å²) in [4.78, 5) is 24.6. The summed E-state index contributed by atoms with van der Waals surface area (Å²) in [6, 6.07) is 20.7. The molecule has 0 fully saturated rings. The molecular weight excluding hydrogens is 352 g/mol. The number of amides is 2. The molecule has 0 aliphatic rings. The predicted molar refractivity (Wildman–Crippen MR) is 111 cm³/mol. The Morgan fingerprint density at radius 2 is 1.61 bits per heavy atom. The first kappa shape index (κ1) is 19.6. The third-order valence-electron chi connectivity index (χ3n) is 4.46. The van der Waals surface area contributed by atoms with Gasteiger partial charge in [0.25, 0.3) is 5.91 Å². The van der Waals surface area contributed by atoms with Gasteiger partial charge >= 0.3 is 0 Å². The lowest BCUT2D eigenvalue weighted by molar-refractivity contribution is -0.122. The van der Waals surface area contributed by atoms with Gasteiger partial charge in [-0.2, -0.15) is 0 Å². The van der Waals surface area contributed by atoms with Crippen molar-refractivity contribution < 1.29 is 14.7 Å². The van der Waals surface area contributed by atoms with E-state index in [-0.39, 0.29) is 24.8 Å². The molecule has 3 aromatic carbocycles. The minimum absolute atomic E-state index is 0.127. The van der Waals surface area contributed by atoms with Gasteiger partial charge in [0.15, 0.2) is 0 Å². The molecule has 3 rings (SSSR count). The van der Waals surface area contributed by atoms with Crippen molar-refractivity contribution in [3.63, 3.8) is 0 Å². The van der Waals surface area contributed by atoms with E-state index in [1.165, 1.54) is 0 Å². The Labute approximate surface area is 164 Å². The number of anilines is 1. The molecule has 0 bridgehead atoms. The number of fused-ring (bicyclic) bond motifs is 1. The van der Waals surface area contributed by atoms with Crippen LogP contribution in [0.3, 0.4) is 0 Å². The van der Waals surface area contributed by atoms with Gasteiger partial charge in [0.2, 0.25) is 5.91 Å². The van der Waals surface area contributed by atoms with Crippen LogP contribution in [0.15, 0.2) is 66.7 Å². The van der Waals surface area contributed by atoms with E-state index < -0.39 is 5.54 Å². The molecule has 0 unspecified atom stereocenters. The quantitative estimate of drug-likeness (QED) is 0.616. The molecule has 0 saturated heterocycles. The van der Waals surface area contributed by atoms with Crippen LogP contribution >= 0.6 is 0 Å². The fourth-order valence-corrected chi connectivity index (χ4v) is 2.89. The summed E-state index contributed by atoms with van der Waals surface area (Å²) in [5.41, 5.74) is 1.44. The maximum Gasteiger partial charge on any atom is 0.255 e. The van der Waals surface area contributed by atoms with Crippen molar-refractivity contribution >= 4 is 28.3 Å². The number of hydrogen-bond donors (Lipinski definition) is 3. The van der Waals surface area contributed by atoms with E-state index in [4.69, 9.17) is 0 Å². The van der Waals surface area contributed by atoms with Crippen molar-refractivity contribution in [3.8, 4) is 0 Å². The lowest BCUT2D eigenvalue weighted by atomic mass is 10.1. The van der Waals surface area contributed by atoms with Gasteiger partial charge in [-0.15, -0.1) is 0 Å². The molecule has 0 aliphatic heterocycles. The minimum Gasteiger partial charge on any atom is -0.394 e. The molecule has 0 spiro atoms. The van der Waals surface area contributed by atoms with E-state index in [0.717, 1.165) is 16.3 Å². The highest BCUT2D eigenvalue weighted by atomic mass is 16.3. The second-order valence-corrected chi connectivity index (χ2v) is 7.48. The van der Waals surface area contributed by atoms with E-state index in [1.807, 2.05) is 48.5 Å². The molecule has 0 atom stereocenters. The van der Waals surface area contributed by atoms with Gasteiger partial charge in [-0.05, 0) is 54.4 Å². The summed E-state index contributed by atoms with van der Waals surface area (Å²) in [5, 5.41) is 17.0. The number of aliphatic hydroxyl groups is 1. The summed E-state index contributed by atoms with van der Waals surface area (Å²) in [5.74, 6) is -0.340. The zero-order chi connectivity index (χ0) is 20.1. The molecule has 144 valence electrons. The lowest BCUT2D eigenvalue weighted by Crippen LogP contribution is -2.46. The van der Waals surface area contributed by atoms with Crippen molar-refractivity contribution in [2.24, 2.45) is 0 Å². The molecule has 28 heavy (non-hydrogen) atoms. The molecule has 2 amide bonds. The molecule has 0 heterocycles. The second-order valence-electron chi connectivity index (χ2n) is 7.48. The maximum atomic E-state index is 12.5.